The van der Waals surface area contributed by atoms with Crippen LogP contribution in [0.3, 0.4) is 0 Å². The van der Waals surface area contributed by atoms with E-state index in [4.69, 9.17) is 11.0 Å². The fourth-order valence-corrected chi connectivity index (χ4v) is 1.61. The zero-order valence-corrected chi connectivity index (χ0v) is 8.08. The minimum Gasteiger partial charge on any atom is -0.397 e. The number of anilines is 1. The number of hydrogen-bond donors (Lipinski definition) is 1. The second kappa shape index (κ2) is 3.21. The normalized spacial score (nSPS) is 10.2. The molecule has 0 aliphatic rings. The molecule has 4 heteroatoms. The van der Waals surface area contributed by atoms with Gasteiger partial charge in [0.1, 0.15) is 11.9 Å². The molecule has 0 bridgehead atoms. The van der Waals surface area contributed by atoms with Crippen molar-refractivity contribution in [2.24, 2.45) is 0 Å². The average Bonchev–Trinajstić information content (AvgIpc) is 2.17. The van der Waals surface area contributed by atoms with Gasteiger partial charge in [0.05, 0.1) is 16.8 Å². The molecule has 0 amide bonds. The Bertz CT molecular complexity index is 584. The van der Waals surface area contributed by atoms with Crippen molar-refractivity contribution in [3.05, 3.63) is 35.3 Å². The molecule has 2 N–H and O–H groups in total. The maximum Gasteiger partial charge on any atom is 0.125 e. The first-order chi connectivity index (χ1) is 7.13. The van der Waals surface area contributed by atoms with E-state index in [1.165, 1.54) is 18.3 Å². The standard InChI is InChI=1S/C11H8FN3/c1-6-2-8(12)3-9-10(6)11(14)7(4-13)5-15-9/h2-3,5H,1H3,(H2,14,15). The van der Waals surface area contributed by atoms with Gasteiger partial charge in [-0.25, -0.2) is 4.39 Å². The molecule has 2 rings (SSSR count). The van der Waals surface area contributed by atoms with Gasteiger partial charge in [-0.15, -0.1) is 0 Å². The largest absolute Gasteiger partial charge is 0.397 e. The van der Waals surface area contributed by atoms with E-state index in [1.807, 2.05) is 6.07 Å². The molecule has 0 saturated carbocycles. The second-order valence-corrected chi connectivity index (χ2v) is 3.31. The molecule has 1 heterocycles. The summed E-state index contributed by atoms with van der Waals surface area (Å²) < 4.78 is 13.1. The van der Waals surface area contributed by atoms with Gasteiger partial charge in [0.15, 0.2) is 0 Å². The molecule has 0 unspecified atom stereocenters. The molecule has 1 aromatic carbocycles. The number of nitrogen functional groups attached to an aromatic ring is 1. The van der Waals surface area contributed by atoms with E-state index >= 15 is 0 Å². The van der Waals surface area contributed by atoms with Gasteiger partial charge in [0, 0.05) is 17.6 Å². The fraction of sp³-hybridized carbons (Fsp3) is 0.0909. The van der Waals surface area contributed by atoms with Crippen LogP contribution in [0.5, 0.6) is 0 Å². The first kappa shape index (κ1) is 9.41. The molecule has 0 saturated heterocycles. The van der Waals surface area contributed by atoms with E-state index < -0.39 is 0 Å². The number of fused-ring (bicyclic) bond motifs is 1. The van der Waals surface area contributed by atoms with Crippen LogP contribution in [0, 0.1) is 24.1 Å². The minimum atomic E-state index is -0.350. The molecular formula is C11H8FN3. The van der Waals surface area contributed by atoms with Crippen molar-refractivity contribution < 1.29 is 4.39 Å². The van der Waals surface area contributed by atoms with Crippen LogP contribution < -0.4 is 5.73 Å². The van der Waals surface area contributed by atoms with Gasteiger partial charge >= 0.3 is 0 Å². The molecule has 0 aliphatic heterocycles. The van der Waals surface area contributed by atoms with E-state index in [-0.39, 0.29) is 5.82 Å². The molecule has 0 spiro atoms. The van der Waals surface area contributed by atoms with Crippen LogP contribution in [0.2, 0.25) is 0 Å². The van der Waals surface area contributed by atoms with E-state index in [0.717, 1.165) is 0 Å². The zero-order chi connectivity index (χ0) is 11.0. The van der Waals surface area contributed by atoms with Crippen molar-refractivity contribution in [2.75, 3.05) is 5.73 Å². The summed E-state index contributed by atoms with van der Waals surface area (Å²) in [6.07, 6.45) is 1.36. The lowest BCUT2D eigenvalue weighted by Crippen LogP contribution is -1.96. The van der Waals surface area contributed by atoms with Gasteiger partial charge in [-0.3, -0.25) is 4.98 Å². The molecule has 1 aromatic heterocycles. The zero-order valence-electron chi connectivity index (χ0n) is 8.08. The van der Waals surface area contributed by atoms with Crippen LogP contribution >= 0.6 is 0 Å². The number of pyridine rings is 1. The lowest BCUT2D eigenvalue weighted by atomic mass is 10.1. The molecule has 0 atom stereocenters. The first-order valence-electron chi connectivity index (χ1n) is 4.38. The van der Waals surface area contributed by atoms with Gasteiger partial charge in [-0.05, 0) is 18.6 Å². The third-order valence-corrected chi connectivity index (χ3v) is 2.29. The smallest absolute Gasteiger partial charge is 0.125 e. The Hall–Kier alpha value is -2.15. The minimum absolute atomic E-state index is 0.317. The van der Waals surface area contributed by atoms with Crippen LogP contribution in [0.25, 0.3) is 10.9 Å². The Morgan fingerprint density at radius 2 is 2.20 bits per heavy atom. The third kappa shape index (κ3) is 1.38. The van der Waals surface area contributed by atoms with Crippen LogP contribution in [-0.4, -0.2) is 4.98 Å². The Balaban J connectivity index is 2.94. The van der Waals surface area contributed by atoms with E-state index in [0.29, 0.717) is 27.7 Å². The lowest BCUT2D eigenvalue weighted by molar-refractivity contribution is 0.628. The summed E-state index contributed by atoms with van der Waals surface area (Å²) in [4.78, 5) is 3.99. The number of aryl methyl sites for hydroxylation is 1. The highest BCUT2D eigenvalue weighted by Gasteiger charge is 2.08. The van der Waals surface area contributed by atoms with Crippen LogP contribution in [0.15, 0.2) is 18.3 Å². The van der Waals surface area contributed by atoms with Gasteiger partial charge in [0.25, 0.3) is 0 Å². The molecule has 0 aliphatic carbocycles. The third-order valence-electron chi connectivity index (χ3n) is 2.29. The topological polar surface area (TPSA) is 62.7 Å². The Labute approximate surface area is 86.0 Å². The van der Waals surface area contributed by atoms with Crippen LogP contribution in [-0.2, 0) is 0 Å². The maximum absolute atomic E-state index is 13.1. The summed E-state index contributed by atoms with van der Waals surface area (Å²) in [5.41, 5.74) is 7.64. The summed E-state index contributed by atoms with van der Waals surface area (Å²) in [6, 6.07) is 4.63. The maximum atomic E-state index is 13.1. The van der Waals surface area contributed by atoms with Gasteiger partial charge in [-0.2, -0.15) is 5.26 Å². The summed E-state index contributed by atoms with van der Waals surface area (Å²) in [5, 5.41) is 9.43. The van der Waals surface area contributed by atoms with Crippen molar-refractivity contribution in [1.82, 2.24) is 4.98 Å². The van der Waals surface area contributed by atoms with Crippen LogP contribution in [0.4, 0.5) is 10.1 Å². The molecule has 0 radical (unpaired) electrons. The lowest BCUT2D eigenvalue weighted by Gasteiger charge is -2.06. The summed E-state index contributed by atoms with van der Waals surface area (Å²) in [6.45, 7) is 1.74. The molecule has 2 aromatic rings. The molecular weight excluding hydrogens is 193 g/mol. The summed E-state index contributed by atoms with van der Waals surface area (Å²) >= 11 is 0. The highest BCUT2D eigenvalue weighted by molar-refractivity contribution is 5.95. The van der Waals surface area contributed by atoms with Crippen molar-refractivity contribution in [1.29, 1.82) is 5.26 Å². The van der Waals surface area contributed by atoms with Crippen molar-refractivity contribution in [3.8, 4) is 6.07 Å². The molecule has 0 fully saturated rings. The first-order valence-corrected chi connectivity index (χ1v) is 4.38. The highest BCUT2D eigenvalue weighted by Crippen LogP contribution is 2.26. The van der Waals surface area contributed by atoms with E-state index in [9.17, 15) is 4.39 Å². The predicted molar refractivity (Wildman–Crippen MR) is 55.6 cm³/mol. The van der Waals surface area contributed by atoms with E-state index in [2.05, 4.69) is 4.98 Å². The number of hydrogen-bond acceptors (Lipinski definition) is 3. The Morgan fingerprint density at radius 3 is 2.87 bits per heavy atom. The van der Waals surface area contributed by atoms with Crippen molar-refractivity contribution in [3.63, 3.8) is 0 Å². The number of benzene rings is 1. The number of nitrogens with two attached hydrogens (primary N) is 1. The second-order valence-electron chi connectivity index (χ2n) is 3.31. The monoisotopic (exact) mass is 201 g/mol. The van der Waals surface area contributed by atoms with Crippen molar-refractivity contribution >= 4 is 16.6 Å². The van der Waals surface area contributed by atoms with Crippen LogP contribution in [0.1, 0.15) is 11.1 Å². The molecule has 3 nitrogen and oxygen atoms in total. The quantitative estimate of drug-likeness (QED) is 0.710. The number of nitrogens with zero attached hydrogens (tertiary/aromatic N) is 2. The molecule has 15 heavy (non-hydrogen) atoms. The Kier molecular flexibility index (Phi) is 2.01. The number of halogens is 1. The van der Waals surface area contributed by atoms with Crippen molar-refractivity contribution in [2.45, 2.75) is 6.92 Å². The predicted octanol–water partition coefficient (Wildman–Crippen LogP) is 2.14. The van der Waals surface area contributed by atoms with E-state index in [1.54, 1.807) is 6.92 Å². The highest BCUT2D eigenvalue weighted by atomic mass is 19.1. The van der Waals surface area contributed by atoms with Gasteiger partial charge in [-0.1, -0.05) is 0 Å². The summed E-state index contributed by atoms with van der Waals surface area (Å²) in [7, 11) is 0. The number of aromatic nitrogens is 1. The summed E-state index contributed by atoms with van der Waals surface area (Å²) in [5.74, 6) is -0.350. The number of nitriles is 1. The fourth-order valence-electron chi connectivity index (χ4n) is 1.61. The Morgan fingerprint density at radius 1 is 1.47 bits per heavy atom. The molecule has 74 valence electrons. The van der Waals surface area contributed by atoms with Gasteiger partial charge < -0.3 is 5.73 Å². The average molecular weight is 201 g/mol. The van der Waals surface area contributed by atoms with Gasteiger partial charge in [0.2, 0.25) is 0 Å². The SMILES string of the molecule is Cc1cc(F)cc2ncc(C#N)c(N)c12. The number of rotatable bonds is 0.